The van der Waals surface area contributed by atoms with Crippen LogP contribution in [-0.2, 0) is 19.1 Å². The molecule has 7 nitrogen and oxygen atoms in total. The Hall–Kier alpha value is -2.83. The number of nitrogens with one attached hydrogen (secondary N) is 1. The minimum absolute atomic E-state index is 0.00960. The van der Waals surface area contributed by atoms with Gasteiger partial charge in [-0.2, -0.15) is 0 Å². The minimum Gasteiger partial charge on any atom is -0.493 e. The van der Waals surface area contributed by atoms with Crippen molar-refractivity contribution in [2.45, 2.75) is 19.8 Å². The Kier molecular flexibility index (Phi) is 6.77. The van der Waals surface area contributed by atoms with Crippen LogP contribution in [0.4, 0.5) is 0 Å². The van der Waals surface area contributed by atoms with E-state index in [0.29, 0.717) is 17.2 Å². The number of carbonyl (C=O) groups excluding carboxylic acids is 3. The fraction of sp³-hybridized carbons (Fsp3) is 0.421. The molecule has 1 saturated carbocycles. The van der Waals surface area contributed by atoms with Gasteiger partial charge < -0.3 is 19.5 Å². The van der Waals surface area contributed by atoms with Gasteiger partial charge in [0.25, 0.3) is 0 Å². The fourth-order valence-corrected chi connectivity index (χ4v) is 2.38. The molecule has 1 aliphatic rings. The van der Waals surface area contributed by atoms with Crippen molar-refractivity contribution >= 4 is 23.9 Å². The molecule has 2 atom stereocenters. The highest BCUT2D eigenvalue weighted by atomic mass is 16.6. The maximum atomic E-state index is 11.9. The van der Waals surface area contributed by atoms with Gasteiger partial charge >= 0.3 is 11.9 Å². The molecule has 2 unspecified atom stereocenters. The van der Waals surface area contributed by atoms with Crippen LogP contribution in [0.15, 0.2) is 24.3 Å². The second-order valence-electron chi connectivity index (χ2n) is 6.10. The Bertz CT molecular complexity index is 712. The summed E-state index contributed by atoms with van der Waals surface area (Å²) in [6.07, 6.45) is 3.82. The van der Waals surface area contributed by atoms with Crippen molar-refractivity contribution in [1.82, 2.24) is 5.32 Å². The van der Waals surface area contributed by atoms with Crippen molar-refractivity contribution in [2.75, 3.05) is 20.8 Å². The molecule has 0 aromatic heterocycles. The molecular weight excluding hydrogens is 338 g/mol. The number of ether oxygens (including phenoxy) is 3. The lowest BCUT2D eigenvalue weighted by Crippen LogP contribution is -2.28. The molecule has 2 rings (SSSR count). The van der Waals surface area contributed by atoms with E-state index in [0.717, 1.165) is 6.42 Å². The van der Waals surface area contributed by atoms with E-state index >= 15 is 0 Å². The van der Waals surface area contributed by atoms with Gasteiger partial charge in [-0.15, -0.1) is 0 Å². The van der Waals surface area contributed by atoms with Crippen molar-refractivity contribution in [3.05, 3.63) is 29.8 Å². The zero-order valence-electron chi connectivity index (χ0n) is 15.1. The molecule has 1 aromatic rings. The Morgan fingerprint density at radius 2 is 1.96 bits per heavy atom. The van der Waals surface area contributed by atoms with E-state index in [2.05, 4.69) is 10.1 Å². The topological polar surface area (TPSA) is 90.9 Å². The first-order valence-corrected chi connectivity index (χ1v) is 8.37. The summed E-state index contributed by atoms with van der Waals surface area (Å²) in [4.78, 5) is 34.8. The van der Waals surface area contributed by atoms with E-state index in [1.54, 1.807) is 24.3 Å². The summed E-state index contributed by atoms with van der Waals surface area (Å²) in [7, 11) is 2.75. The Balaban J connectivity index is 1.87. The Morgan fingerprint density at radius 1 is 1.23 bits per heavy atom. The highest BCUT2D eigenvalue weighted by Gasteiger charge is 2.38. The van der Waals surface area contributed by atoms with Crippen LogP contribution in [0.25, 0.3) is 6.08 Å². The summed E-state index contributed by atoms with van der Waals surface area (Å²) >= 11 is 0. The van der Waals surface area contributed by atoms with Crippen LogP contribution in [0.1, 0.15) is 25.3 Å². The third-order valence-corrected chi connectivity index (χ3v) is 4.10. The molecule has 0 saturated heterocycles. The average molecular weight is 361 g/mol. The van der Waals surface area contributed by atoms with Crippen LogP contribution in [0.5, 0.6) is 11.5 Å². The highest BCUT2D eigenvalue weighted by molar-refractivity contribution is 5.87. The molecule has 140 valence electrons. The van der Waals surface area contributed by atoms with Crippen LogP contribution >= 0.6 is 0 Å². The van der Waals surface area contributed by atoms with Crippen molar-refractivity contribution in [1.29, 1.82) is 0 Å². The van der Waals surface area contributed by atoms with Crippen molar-refractivity contribution < 1.29 is 28.6 Å². The van der Waals surface area contributed by atoms with Crippen molar-refractivity contribution in [3.8, 4) is 11.5 Å². The van der Waals surface area contributed by atoms with Gasteiger partial charge in [0.1, 0.15) is 0 Å². The first-order chi connectivity index (χ1) is 12.4. The standard InChI is InChI=1S/C19H23NO6/c1-12-10-14(12)19(23)20-9-8-18(22)26-15-6-4-13(11-16(15)24-2)5-7-17(21)25-3/h4-7,11-12,14H,8-10H2,1-3H3,(H,20,23)/b7-5+. The number of esters is 2. The van der Waals surface area contributed by atoms with Crippen LogP contribution in [0.3, 0.4) is 0 Å². The van der Waals surface area contributed by atoms with Gasteiger partial charge in [0.2, 0.25) is 5.91 Å². The summed E-state index contributed by atoms with van der Waals surface area (Å²) in [5.74, 6) is 0.197. The first kappa shape index (κ1) is 19.5. The van der Waals surface area contributed by atoms with Crippen molar-refractivity contribution in [3.63, 3.8) is 0 Å². The predicted octanol–water partition coefficient (Wildman–Crippen LogP) is 1.95. The van der Waals surface area contributed by atoms with Gasteiger partial charge in [-0.1, -0.05) is 13.0 Å². The summed E-state index contributed by atoms with van der Waals surface area (Å²) in [6, 6.07) is 4.90. The Labute approximate surface area is 152 Å². The number of amides is 1. The molecule has 1 N–H and O–H groups in total. The summed E-state index contributed by atoms with van der Waals surface area (Å²) in [5, 5.41) is 2.74. The molecule has 1 aromatic carbocycles. The molecule has 1 fully saturated rings. The molecule has 26 heavy (non-hydrogen) atoms. The smallest absolute Gasteiger partial charge is 0.330 e. The molecule has 7 heteroatoms. The van der Waals surface area contributed by atoms with Gasteiger partial charge in [-0.3, -0.25) is 9.59 Å². The normalized spacial score (nSPS) is 18.3. The van der Waals surface area contributed by atoms with Gasteiger partial charge in [0.15, 0.2) is 11.5 Å². The van der Waals surface area contributed by atoms with E-state index in [4.69, 9.17) is 9.47 Å². The molecule has 0 aliphatic heterocycles. The van der Waals surface area contributed by atoms with Crippen LogP contribution in [-0.4, -0.2) is 38.6 Å². The highest BCUT2D eigenvalue weighted by Crippen LogP contribution is 2.37. The largest absolute Gasteiger partial charge is 0.493 e. The number of benzene rings is 1. The monoisotopic (exact) mass is 361 g/mol. The summed E-state index contributed by atoms with van der Waals surface area (Å²) in [5.41, 5.74) is 0.692. The number of methoxy groups -OCH3 is 2. The van der Waals surface area contributed by atoms with Gasteiger partial charge in [-0.05, 0) is 36.1 Å². The minimum atomic E-state index is -0.470. The van der Waals surface area contributed by atoms with Gasteiger partial charge in [0, 0.05) is 18.5 Å². The lowest BCUT2D eigenvalue weighted by molar-refractivity contribution is -0.135. The predicted molar refractivity (Wildman–Crippen MR) is 94.6 cm³/mol. The first-order valence-electron chi connectivity index (χ1n) is 8.37. The van der Waals surface area contributed by atoms with Gasteiger partial charge in [0.05, 0.1) is 20.6 Å². The van der Waals surface area contributed by atoms with Crippen molar-refractivity contribution in [2.24, 2.45) is 11.8 Å². The van der Waals surface area contributed by atoms with E-state index in [9.17, 15) is 14.4 Å². The second-order valence-corrected chi connectivity index (χ2v) is 6.10. The van der Waals surface area contributed by atoms with Crippen LogP contribution < -0.4 is 14.8 Å². The maximum Gasteiger partial charge on any atom is 0.330 e. The molecule has 0 heterocycles. The van der Waals surface area contributed by atoms with Gasteiger partial charge in [-0.25, -0.2) is 4.79 Å². The average Bonchev–Trinajstić information content (AvgIpc) is 3.37. The zero-order valence-corrected chi connectivity index (χ0v) is 15.1. The van der Waals surface area contributed by atoms with E-state index in [1.807, 2.05) is 6.92 Å². The number of rotatable bonds is 8. The summed E-state index contributed by atoms with van der Waals surface area (Å²) in [6.45, 7) is 2.26. The molecule has 0 spiro atoms. The fourth-order valence-electron chi connectivity index (χ4n) is 2.38. The van der Waals surface area contributed by atoms with E-state index in [1.165, 1.54) is 20.3 Å². The molecule has 1 aliphatic carbocycles. The van der Waals surface area contributed by atoms with E-state index < -0.39 is 11.9 Å². The Morgan fingerprint density at radius 3 is 2.58 bits per heavy atom. The molecular formula is C19H23NO6. The maximum absolute atomic E-state index is 11.9. The zero-order chi connectivity index (χ0) is 19.1. The number of hydrogen-bond donors (Lipinski definition) is 1. The third-order valence-electron chi connectivity index (χ3n) is 4.10. The SMILES string of the molecule is COC(=O)/C=C/c1ccc(OC(=O)CCNC(=O)C2CC2C)c(OC)c1. The van der Waals surface area contributed by atoms with E-state index in [-0.39, 0.29) is 30.5 Å². The lowest BCUT2D eigenvalue weighted by atomic mass is 10.2. The molecule has 0 radical (unpaired) electrons. The van der Waals surface area contributed by atoms with Crippen LogP contribution in [0, 0.1) is 11.8 Å². The second kappa shape index (κ2) is 9.03. The lowest BCUT2D eigenvalue weighted by Gasteiger charge is -2.10. The molecule has 1 amide bonds. The quantitative estimate of drug-likeness (QED) is 0.432. The summed E-state index contributed by atoms with van der Waals surface area (Å²) < 4.78 is 15.0. The van der Waals surface area contributed by atoms with Crippen LogP contribution in [0.2, 0.25) is 0 Å². The number of carbonyl (C=O) groups is 3. The molecule has 0 bridgehead atoms. The number of hydrogen-bond acceptors (Lipinski definition) is 6. The third kappa shape index (κ3) is 5.61.